The van der Waals surface area contributed by atoms with Crippen LogP contribution < -0.4 is 14.8 Å². The van der Waals surface area contributed by atoms with E-state index in [0.29, 0.717) is 30.2 Å². The summed E-state index contributed by atoms with van der Waals surface area (Å²) in [5.41, 5.74) is 2.43. The maximum Gasteiger partial charge on any atom is 0.259 e. The number of rotatable bonds is 8. The van der Waals surface area contributed by atoms with Crippen LogP contribution in [0.4, 0.5) is 5.69 Å². The Bertz CT molecular complexity index is 860. The fourth-order valence-corrected chi connectivity index (χ4v) is 2.70. The van der Waals surface area contributed by atoms with E-state index in [1.807, 2.05) is 67.6 Å². The van der Waals surface area contributed by atoms with Crippen molar-refractivity contribution < 1.29 is 14.3 Å². The van der Waals surface area contributed by atoms with Gasteiger partial charge >= 0.3 is 0 Å². The molecule has 0 spiro atoms. The minimum atomic E-state index is -0.200. The second-order valence-corrected chi connectivity index (χ2v) is 5.99. The van der Waals surface area contributed by atoms with Gasteiger partial charge in [0.05, 0.1) is 18.8 Å². The topological polar surface area (TPSA) is 47.6 Å². The Morgan fingerprint density at radius 1 is 0.852 bits per heavy atom. The lowest BCUT2D eigenvalue weighted by Gasteiger charge is -2.12. The first-order valence-corrected chi connectivity index (χ1v) is 9.06. The van der Waals surface area contributed by atoms with Gasteiger partial charge in [-0.15, -0.1) is 0 Å². The zero-order chi connectivity index (χ0) is 18.9. The molecule has 0 heterocycles. The Hall–Kier alpha value is -3.27. The number of nitrogens with one attached hydrogen (secondary N) is 1. The summed E-state index contributed by atoms with van der Waals surface area (Å²) in [6.07, 6.45) is 0.787. The van der Waals surface area contributed by atoms with Gasteiger partial charge in [0.25, 0.3) is 5.91 Å². The lowest BCUT2D eigenvalue weighted by Crippen LogP contribution is -2.14. The molecule has 3 aromatic carbocycles. The summed E-state index contributed by atoms with van der Waals surface area (Å²) < 4.78 is 11.3. The van der Waals surface area contributed by atoms with E-state index in [1.165, 1.54) is 5.56 Å². The summed E-state index contributed by atoms with van der Waals surface area (Å²) in [6.45, 7) is 3.06. The van der Waals surface area contributed by atoms with Gasteiger partial charge in [0, 0.05) is 12.1 Å². The first-order chi connectivity index (χ1) is 13.3. The van der Waals surface area contributed by atoms with E-state index in [-0.39, 0.29) is 5.91 Å². The quantitative estimate of drug-likeness (QED) is 0.617. The first-order valence-electron chi connectivity index (χ1n) is 9.06. The highest BCUT2D eigenvalue weighted by Crippen LogP contribution is 2.21. The predicted octanol–water partition coefficient (Wildman–Crippen LogP) is 4.96. The van der Waals surface area contributed by atoms with Gasteiger partial charge in [-0.3, -0.25) is 4.79 Å². The van der Waals surface area contributed by atoms with Crippen molar-refractivity contribution in [3.8, 4) is 11.5 Å². The Balaban J connectivity index is 1.62. The van der Waals surface area contributed by atoms with Crippen molar-refractivity contribution in [2.45, 2.75) is 13.3 Å². The molecule has 0 saturated heterocycles. The van der Waals surface area contributed by atoms with Crippen LogP contribution >= 0.6 is 0 Å². The van der Waals surface area contributed by atoms with E-state index in [2.05, 4.69) is 17.4 Å². The summed E-state index contributed by atoms with van der Waals surface area (Å²) in [5, 5.41) is 2.90. The summed E-state index contributed by atoms with van der Waals surface area (Å²) >= 11 is 0. The second-order valence-electron chi connectivity index (χ2n) is 5.99. The summed E-state index contributed by atoms with van der Waals surface area (Å²) in [5.74, 6) is 1.16. The van der Waals surface area contributed by atoms with Gasteiger partial charge in [-0.25, -0.2) is 0 Å². The highest BCUT2D eigenvalue weighted by Gasteiger charge is 2.12. The molecule has 0 bridgehead atoms. The molecule has 0 fully saturated rings. The van der Waals surface area contributed by atoms with Crippen LogP contribution in [0.15, 0.2) is 78.9 Å². The van der Waals surface area contributed by atoms with E-state index in [9.17, 15) is 4.79 Å². The Morgan fingerprint density at radius 3 is 2.30 bits per heavy atom. The molecule has 0 aliphatic carbocycles. The van der Waals surface area contributed by atoms with E-state index < -0.39 is 0 Å². The molecule has 4 heteroatoms. The van der Waals surface area contributed by atoms with Gasteiger partial charge in [0.15, 0.2) is 0 Å². The Kier molecular flexibility index (Phi) is 6.47. The van der Waals surface area contributed by atoms with Crippen molar-refractivity contribution in [3.63, 3.8) is 0 Å². The van der Waals surface area contributed by atoms with E-state index in [4.69, 9.17) is 9.47 Å². The van der Waals surface area contributed by atoms with Crippen molar-refractivity contribution in [1.29, 1.82) is 0 Å². The fraction of sp³-hybridized carbons (Fsp3) is 0.174. The Labute approximate surface area is 159 Å². The molecule has 4 nitrogen and oxygen atoms in total. The van der Waals surface area contributed by atoms with Crippen LogP contribution in [0.1, 0.15) is 22.8 Å². The highest BCUT2D eigenvalue weighted by atomic mass is 16.5. The maximum atomic E-state index is 12.7. The molecular formula is C23H23NO3. The fourth-order valence-electron chi connectivity index (χ4n) is 2.70. The third-order valence-electron chi connectivity index (χ3n) is 4.05. The minimum Gasteiger partial charge on any atom is -0.494 e. The number of carbonyl (C=O) groups is 1. The van der Waals surface area contributed by atoms with Crippen molar-refractivity contribution in [3.05, 3.63) is 90.0 Å². The number of para-hydroxylation sites is 1. The third kappa shape index (κ3) is 5.35. The van der Waals surface area contributed by atoms with Gasteiger partial charge in [-0.05, 0) is 48.9 Å². The smallest absolute Gasteiger partial charge is 0.259 e. The van der Waals surface area contributed by atoms with Crippen LogP contribution in [0, 0.1) is 0 Å². The number of carbonyl (C=O) groups excluding carboxylic acids is 1. The van der Waals surface area contributed by atoms with Crippen molar-refractivity contribution in [2.75, 3.05) is 18.5 Å². The molecule has 1 amide bonds. The molecule has 0 aliphatic rings. The number of hydrogen-bond donors (Lipinski definition) is 1. The van der Waals surface area contributed by atoms with Crippen LogP contribution in [0.2, 0.25) is 0 Å². The number of benzene rings is 3. The van der Waals surface area contributed by atoms with E-state index >= 15 is 0 Å². The monoisotopic (exact) mass is 361 g/mol. The third-order valence-corrected chi connectivity index (χ3v) is 4.05. The van der Waals surface area contributed by atoms with Gasteiger partial charge in [0.1, 0.15) is 11.5 Å². The number of hydrogen-bond acceptors (Lipinski definition) is 3. The average molecular weight is 361 g/mol. The predicted molar refractivity (Wildman–Crippen MR) is 108 cm³/mol. The molecule has 0 radical (unpaired) electrons. The molecule has 3 rings (SSSR count). The molecule has 0 unspecified atom stereocenters. The minimum absolute atomic E-state index is 0.200. The number of ether oxygens (including phenoxy) is 2. The highest BCUT2D eigenvalue weighted by molar-refractivity contribution is 6.06. The maximum absolute atomic E-state index is 12.7. The zero-order valence-electron chi connectivity index (χ0n) is 15.4. The second kappa shape index (κ2) is 9.43. The van der Waals surface area contributed by atoms with E-state index in [0.717, 1.165) is 12.2 Å². The van der Waals surface area contributed by atoms with Gasteiger partial charge in [-0.1, -0.05) is 42.5 Å². The number of anilines is 1. The molecule has 0 atom stereocenters. The van der Waals surface area contributed by atoms with Crippen LogP contribution in [0.5, 0.6) is 11.5 Å². The van der Waals surface area contributed by atoms with Crippen LogP contribution in [0.3, 0.4) is 0 Å². The summed E-state index contributed by atoms with van der Waals surface area (Å²) in [6, 6.07) is 24.7. The van der Waals surface area contributed by atoms with Gasteiger partial charge in [-0.2, -0.15) is 0 Å². The molecule has 138 valence electrons. The van der Waals surface area contributed by atoms with Crippen molar-refractivity contribution in [1.82, 2.24) is 0 Å². The van der Waals surface area contributed by atoms with Crippen molar-refractivity contribution >= 4 is 11.6 Å². The van der Waals surface area contributed by atoms with Gasteiger partial charge in [0.2, 0.25) is 0 Å². The molecule has 27 heavy (non-hydrogen) atoms. The van der Waals surface area contributed by atoms with Crippen molar-refractivity contribution in [2.24, 2.45) is 0 Å². The Morgan fingerprint density at radius 2 is 1.56 bits per heavy atom. The van der Waals surface area contributed by atoms with E-state index in [1.54, 1.807) is 6.07 Å². The summed E-state index contributed by atoms with van der Waals surface area (Å²) in [7, 11) is 0. The molecule has 1 N–H and O–H groups in total. The van der Waals surface area contributed by atoms with Gasteiger partial charge < -0.3 is 14.8 Å². The van der Waals surface area contributed by atoms with Crippen LogP contribution in [-0.4, -0.2) is 19.1 Å². The molecular weight excluding hydrogens is 338 g/mol. The standard InChI is InChI=1S/C23H23NO3/c1-2-26-20-14-12-19(13-15-20)24-23(25)21-10-6-7-11-22(21)27-17-16-18-8-4-3-5-9-18/h3-15H,2,16-17H2,1H3,(H,24,25). The molecule has 0 aromatic heterocycles. The normalized spacial score (nSPS) is 10.3. The lowest BCUT2D eigenvalue weighted by atomic mass is 10.1. The summed E-state index contributed by atoms with van der Waals surface area (Å²) in [4.78, 5) is 12.7. The molecule has 0 aliphatic heterocycles. The molecule has 3 aromatic rings. The average Bonchev–Trinajstić information content (AvgIpc) is 2.71. The van der Waals surface area contributed by atoms with Crippen LogP contribution in [-0.2, 0) is 6.42 Å². The molecule has 0 saturated carbocycles. The lowest BCUT2D eigenvalue weighted by molar-refractivity contribution is 0.102. The van der Waals surface area contributed by atoms with Crippen LogP contribution in [0.25, 0.3) is 0 Å². The number of amides is 1. The first kappa shape index (κ1) is 18.5. The largest absolute Gasteiger partial charge is 0.494 e. The SMILES string of the molecule is CCOc1ccc(NC(=O)c2ccccc2OCCc2ccccc2)cc1. The zero-order valence-corrected chi connectivity index (χ0v) is 15.4.